The quantitative estimate of drug-likeness (QED) is 0.415. The molecule has 0 fully saturated rings. The Bertz CT molecular complexity index is 231. The van der Waals surface area contributed by atoms with Gasteiger partial charge in [0, 0.05) is 0 Å². The van der Waals surface area contributed by atoms with Crippen LogP contribution < -0.4 is 0 Å². The molecule has 0 amide bonds. The predicted octanol–water partition coefficient (Wildman–Crippen LogP) is 5.42. The molecule has 0 aliphatic carbocycles. The van der Waals surface area contributed by atoms with E-state index in [0.29, 0.717) is 14.1 Å². The fourth-order valence-electron chi connectivity index (χ4n) is 0.892. The van der Waals surface area contributed by atoms with Gasteiger partial charge in [0.15, 0.2) is 0 Å². The molecule has 0 spiro atoms. The first kappa shape index (κ1) is 14.8. The van der Waals surface area contributed by atoms with Gasteiger partial charge in [-0.1, -0.05) is 0 Å². The van der Waals surface area contributed by atoms with E-state index in [0.717, 1.165) is 0 Å². The Morgan fingerprint density at radius 3 is 0.867 bits per heavy atom. The average Bonchev–Trinajstić information content (AvgIpc) is 2.33. The van der Waals surface area contributed by atoms with E-state index >= 15 is 0 Å². The summed E-state index contributed by atoms with van der Waals surface area (Å²) in [6.07, 6.45) is 0. The van der Waals surface area contributed by atoms with E-state index in [1.165, 1.54) is 0 Å². The fourth-order valence-corrected chi connectivity index (χ4v) is 22.1. The van der Waals surface area contributed by atoms with Crippen LogP contribution in [0, 0.1) is 0 Å². The SMILES string of the molecule is C=C[P+](C=C)(C=C)[Se][P+](C=C)(C=C)C=C. The molecule has 0 saturated carbocycles. The molecule has 0 aromatic heterocycles. The molecule has 0 aromatic rings. The number of hydrogen-bond acceptors (Lipinski definition) is 0. The summed E-state index contributed by atoms with van der Waals surface area (Å²) >= 11 is 0.316. The van der Waals surface area contributed by atoms with Crippen molar-refractivity contribution >= 4 is 26.0 Å². The van der Waals surface area contributed by atoms with Crippen LogP contribution in [0.4, 0.5) is 0 Å². The van der Waals surface area contributed by atoms with Crippen LogP contribution in [-0.2, 0) is 0 Å². The van der Waals surface area contributed by atoms with E-state index in [1.807, 2.05) is 34.9 Å². The van der Waals surface area contributed by atoms with Crippen molar-refractivity contribution in [3.63, 3.8) is 0 Å². The second kappa shape index (κ2) is 6.41. The van der Waals surface area contributed by atoms with Crippen molar-refractivity contribution in [1.82, 2.24) is 0 Å². The van der Waals surface area contributed by atoms with Gasteiger partial charge in [-0.2, -0.15) is 0 Å². The monoisotopic (exact) mass is 304 g/mol. The molecule has 0 nitrogen and oxygen atoms in total. The van der Waals surface area contributed by atoms with E-state index < -0.39 is 11.9 Å². The zero-order valence-electron chi connectivity index (χ0n) is 9.01. The van der Waals surface area contributed by atoms with Crippen molar-refractivity contribution in [2.75, 3.05) is 0 Å². The van der Waals surface area contributed by atoms with Gasteiger partial charge in [-0.15, -0.1) is 0 Å². The summed E-state index contributed by atoms with van der Waals surface area (Å²) < 4.78 is 0. The Morgan fingerprint density at radius 1 is 0.533 bits per heavy atom. The molecule has 3 heteroatoms. The van der Waals surface area contributed by atoms with Crippen LogP contribution >= 0.6 is 11.9 Å². The Morgan fingerprint density at radius 2 is 0.733 bits per heavy atom. The molecule has 0 aliphatic heterocycles. The van der Waals surface area contributed by atoms with Crippen LogP contribution in [0.1, 0.15) is 0 Å². The summed E-state index contributed by atoms with van der Waals surface area (Å²) in [4.78, 5) is 0. The van der Waals surface area contributed by atoms with Gasteiger partial charge < -0.3 is 0 Å². The molecule has 0 atom stereocenters. The minimum atomic E-state index is -1.42. The molecule has 0 unspecified atom stereocenters. The normalized spacial score (nSPS) is 11.2. The van der Waals surface area contributed by atoms with Crippen LogP contribution in [-0.4, -0.2) is 14.1 Å². The molecule has 0 N–H and O–H groups in total. The Kier molecular flexibility index (Phi) is 6.34. The minimum absolute atomic E-state index is 0.316. The summed E-state index contributed by atoms with van der Waals surface area (Å²) in [5.41, 5.74) is 0. The average molecular weight is 303 g/mol. The molecular weight excluding hydrogens is 285 g/mol. The second-order valence-electron chi connectivity index (χ2n) is 2.70. The van der Waals surface area contributed by atoms with Gasteiger partial charge in [0.25, 0.3) is 0 Å². The first-order chi connectivity index (χ1) is 7.07. The maximum atomic E-state index is 3.90. The van der Waals surface area contributed by atoms with Crippen LogP contribution in [0.3, 0.4) is 0 Å². The number of hydrogen-bond donors (Lipinski definition) is 0. The van der Waals surface area contributed by atoms with E-state index in [1.54, 1.807) is 0 Å². The topological polar surface area (TPSA) is 0 Å². The van der Waals surface area contributed by atoms with Crippen molar-refractivity contribution < 1.29 is 0 Å². The van der Waals surface area contributed by atoms with Gasteiger partial charge in [0.05, 0.1) is 0 Å². The molecule has 15 heavy (non-hydrogen) atoms. The maximum absolute atomic E-state index is 3.90. The van der Waals surface area contributed by atoms with Gasteiger partial charge in [-0.25, -0.2) is 0 Å². The Labute approximate surface area is 100 Å². The molecule has 0 aliphatic rings. The molecule has 0 rings (SSSR count). The zero-order valence-corrected chi connectivity index (χ0v) is 12.5. The summed E-state index contributed by atoms with van der Waals surface area (Å²) in [5.74, 6) is 9.15. The van der Waals surface area contributed by atoms with Crippen molar-refractivity contribution in [3.05, 3.63) is 74.4 Å². The molecule has 80 valence electrons. The molecule has 0 bridgehead atoms. The van der Waals surface area contributed by atoms with Gasteiger partial charge in [-0.05, 0) is 0 Å². The van der Waals surface area contributed by atoms with E-state index in [4.69, 9.17) is 0 Å². The van der Waals surface area contributed by atoms with Crippen LogP contribution in [0.15, 0.2) is 74.4 Å². The van der Waals surface area contributed by atoms with E-state index in [-0.39, 0.29) is 0 Å². The van der Waals surface area contributed by atoms with Crippen LogP contribution in [0.2, 0.25) is 0 Å². The first-order valence-corrected chi connectivity index (χ1v) is 12.8. The van der Waals surface area contributed by atoms with Crippen LogP contribution in [0.5, 0.6) is 0 Å². The summed E-state index contributed by atoms with van der Waals surface area (Å²) in [7, 11) is 0. The molecule has 0 saturated heterocycles. The molecular formula is C12H18P2Se+2. The van der Waals surface area contributed by atoms with Crippen molar-refractivity contribution in [3.8, 4) is 0 Å². The summed E-state index contributed by atoms with van der Waals surface area (Å²) in [6.45, 7) is 23.4. The summed E-state index contributed by atoms with van der Waals surface area (Å²) in [6, 6.07) is 0. The van der Waals surface area contributed by atoms with Gasteiger partial charge >= 0.3 is 100 Å². The van der Waals surface area contributed by atoms with Gasteiger partial charge in [0.1, 0.15) is 0 Å². The Balaban J connectivity index is 5.25. The second-order valence-corrected chi connectivity index (χ2v) is 19.6. The zero-order chi connectivity index (χ0) is 11.9. The standard InChI is InChI=1S/C12H18P2Se/c1-7-13(8-2,9-3)15-14(10-4,11-5)12-6/h7-12H,1-6H2/q+2. The molecule has 0 radical (unpaired) electrons. The van der Waals surface area contributed by atoms with Crippen molar-refractivity contribution in [2.24, 2.45) is 0 Å². The third-order valence-electron chi connectivity index (χ3n) is 1.99. The van der Waals surface area contributed by atoms with Crippen molar-refractivity contribution in [2.45, 2.75) is 0 Å². The predicted molar refractivity (Wildman–Crippen MR) is 80.8 cm³/mol. The third-order valence-corrected chi connectivity index (χ3v) is 24.0. The molecule has 0 heterocycles. The van der Waals surface area contributed by atoms with Crippen LogP contribution in [0.25, 0.3) is 0 Å². The van der Waals surface area contributed by atoms with Gasteiger partial charge in [0.2, 0.25) is 0 Å². The first-order valence-electron chi connectivity index (χ1n) is 4.36. The van der Waals surface area contributed by atoms with E-state index in [9.17, 15) is 0 Å². The number of rotatable bonds is 8. The molecule has 0 aromatic carbocycles. The third kappa shape index (κ3) is 3.40. The Hall–Kier alpha value is -0.181. The fraction of sp³-hybridized carbons (Fsp3) is 0. The van der Waals surface area contributed by atoms with E-state index in [2.05, 4.69) is 39.5 Å². The van der Waals surface area contributed by atoms with Crippen molar-refractivity contribution in [1.29, 1.82) is 0 Å². The van der Waals surface area contributed by atoms with Gasteiger partial charge in [-0.3, -0.25) is 0 Å². The summed E-state index contributed by atoms with van der Waals surface area (Å²) in [5, 5.41) is 0.